The van der Waals surface area contributed by atoms with Crippen molar-refractivity contribution in [2.75, 3.05) is 0 Å². The lowest BCUT2D eigenvalue weighted by Gasteiger charge is -2.56. The van der Waals surface area contributed by atoms with Crippen LogP contribution in [-0.4, -0.2) is 16.7 Å². The summed E-state index contributed by atoms with van der Waals surface area (Å²) in [7, 11) is 0. The van der Waals surface area contributed by atoms with Crippen LogP contribution in [0.15, 0.2) is 29.4 Å². The first-order valence-electron chi connectivity index (χ1n) is 9.21. The molecule has 5 rings (SSSR count). The standard InChI is InChI=1S/C19H23N3O4/c20-18(15-1-3-16(4-2-15)22(24)25)21-26-17(23)11-19-8-12-5-13(9-19)7-14(6-12)10-19/h1-4,12-14H,5-11H2,(H2,20,21). The number of rotatable bonds is 5. The van der Waals surface area contributed by atoms with Gasteiger partial charge in [0.05, 0.1) is 11.3 Å². The van der Waals surface area contributed by atoms with Crippen molar-refractivity contribution in [3.63, 3.8) is 0 Å². The van der Waals surface area contributed by atoms with Gasteiger partial charge in [0.25, 0.3) is 5.69 Å². The lowest BCUT2D eigenvalue weighted by molar-refractivity contribution is -0.384. The SMILES string of the molecule is N/C(=N\OC(=O)CC12CC3CC(CC(C3)C1)C2)c1ccc([N+](=O)[O-])cc1. The number of carbonyl (C=O) groups excluding carboxylic acids is 1. The molecule has 4 aliphatic rings. The molecule has 0 aromatic heterocycles. The summed E-state index contributed by atoms with van der Waals surface area (Å²) < 4.78 is 0. The van der Waals surface area contributed by atoms with E-state index in [0.29, 0.717) is 12.0 Å². The molecule has 2 N–H and O–H groups in total. The Morgan fingerprint density at radius 1 is 1.15 bits per heavy atom. The fraction of sp³-hybridized carbons (Fsp3) is 0.579. The van der Waals surface area contributed by atoms with Crippen molar-refractivity contribution in [3.8, 4) is 0 Å². The van der Waals surface area contributed by atoms with Crippen LogP contribution < -0.4 is 5.73 Å². The lowest BCUT2D eigenvalue weighted by Crippen LogP contribution is -2.47. The van der Waals surface area contributed by atoms with E-state index in [1.54, 1.807) is 0 Å². The van der Waals surface area contributed by atoms with Gasteiger partial charge in [-0.05, 0) is 73.8 Å². The molecule has 0 saturated heterocycles. The van der Waals surface area contributed by atoms with Crippen LogP contribution in [0.3, 0.4) is 0 Å². The van der Waals surface area contributed by atoms with Crippen molar-refractivity contribution in [2.24, 2.45) is 34.1 Å². The van der Waals surface area contributed by atoms with Gasteiger partial charge >= 0.3 is 5.97 Å². The average Bonchev–Trinajstić information content (AvgIpc) is 2.58. The highest BCUT2D eigenvalue weighted by atomic mass is 16.7. The fourth-order valence-electron chi connectivity index (χ4n) is 5.75. The molecule has 7 heteroatoms. The number of hydrogen-bond donors (Lipinski definition) is 1. The molecule has 4 bridgehead atoms. The molecule has 0 aliphatic heterocycles. The Kier molecular flexibility index (Phi) is 4.17. The highest BCUT2D eigenvalue weighted by Gasteiger charge is 2.51. The van der Waals surface area contributed by atoms with E-state index < -0.39 is 4.92 Å². The summed E-state index contributed by atoms with van der Waals surface area (Å²) in [4.78, 5) is 27.6. The minimum Gasteiger partial charge on any atom is -0.380 e. The molecule has 26 heavy (non-hydrogen) atoms. The third kappa shape index (κ3) is 3.30. The van der Waals surface area contributed by atoms with Crippen LogP contribution in [0.5, 0.6) is 0 Å². The van der Waals surface area contributed by atoms with Gasteiger partial charge in [0.15, 0.2) is 5.84 Å². The van der Waals surface area contributed by atoms with Gasteiger partial charge in [-0.15, -0.1) is 0 Å². The Bertz CT molecular complexity index is 721. The lowest BCUT2D eigenvalue weighted by atomic mass is 9.49. The van der Waals surface area contributed by atoms with E-state index in [-0.39, 0.29) is 22.9 Å². The number of non-ortho nitro benzene ring substituents is 1. The van der Waals surface area contributed by atoms with Gasteiger partial charge in [-0.25, -0.2) is 4.79 Å². The highest BCUT2D eigenvalue weighted by Crippen LogP contribution is 2.61. The van der Waals surface area contributed by atoms with Gasteiger partial charge in [-0.1, -0.05) is 5.16 Å². The van der Waals surface area contributed by atoms with E-state index in [0.717, 1.165) is 37.0 Å². The molecule has 1 aromatic carbocycles. The number of nitrogens with two attached hydrogens (primary N) is 1. The van der Waals surface area contributed by atoms with E-state index in [1.165, 1.54) is 43.5 Å². The summed E-state index contributed by atoms with van der Waals surface area (Å²) in [5, 5.41) is 14.4. The minimum atomic E-state index is -0.484. The Hall–Kier alpha value is -2.44. The van der Waals surface area contributed by atoms with Gasteiger partial charge < -0.3 is 10.6 Å². The summed E-state index contributed by atoms with van der Waals surface area (Å²) in [5.74, 6) is 2.05. The summed E-state index contributed by atoms with van der Waals surface area (Å²) in [6, 6.07) is 5.66. The molecule has 0 radical (unpaired) electrons. The van der Waals surface area contributed by atoms with Crippen LogP contribution in [-0.2, 0) is 9.63 Å². The maximum Gasteiger partial charge on any atom is 0.335 e. The molecule has 7 nitrogen and oxygen atoms in total. The van der Waals surface area contributed by atoms with Crippen molar-refractivity contribution < 1.29 is 14.6 Å². The molecule has 0 unspecified atom stereocenters. The van der Waals surface area contributed by atoms with Crippen molar-refractivity contribution >= 4 is 17.5 Å². The number of carbonyl (C=O) groups is 1. The fourth-order valence-corrected chi connectivity index (χ4v) is 5.75. The number of nitrogens with zero attached hydrogens (tertiary/aromatic N) is 2. The molecule has 0 spiro atoms. The first kappa shape index (κ1) is 17.0. The van der Waals surface area contributed by atoms with E-state index in [4.69, 9.17) is 10.6 Å². The minimum absolute atomic E-state index is 0.0274. The number of amidine groups is 1. The van der Waals surface area contributed by atoms with Crippen LogP contribution in [0.4, 0.5) is 5.69 Å². The van der Waals surface area contributed by atoms with Crippen LogP contribution in [0.25, 0.3) is 0 Å². The van der Waals surface area contributed by atoms with Crippen molar-refractivity contribution in [3.05, 3.63) is 39.9 Å². The monoisotopic (exact) mass is 357 g/mol. The Morgan fingerprint density at radius 2 is 1.69 bits per heavy atom. The van der Waals surface area contributed by atoms with Crippen molar-refractivity contribution in [1.82, 2.24) is 0 Å². The molecular formula is C19H23N3O4. The van der Waals surface area contributed by atoms with Gasteiger partial charge in [0.2, 0.25) is 0 Å². The topological polar surface area (TPSA) is 108 Å². The molecular weight excluding hydrogens is 334 g/mol. The van der Waals surface area contributed by atoms with E-state index in [9.17, 15) is 14.9 Å². The zero-order valence-corrected chi connectivity index (χ0v) is 14.6. The Morgan fingerprint density at radius 3 is 2.19 bits per heavy atom. The van der Waals surface area contributed by atoms with Gasteiger partial charge in [-0.2, -0.15) is 0 Å². The van der Waals surface area contributed by atoms with E-state index >= 15 is 0 Å². The maximum absolute atomic E-state index is 12.3. The predicted octanol–water partition coefficient (Wildman–Crippen LogP) is 3.36. The molecule has 0 amide bonds. The Labute approximate surface area is 151 Å². The molecule has 4 fully saturated rings. The number of nitro groups is 1. The predicted molar refractivity (Wildman–Crippen MR) is 95.1 cm³/mol. The van der Waals surface area contributed by atoms with Gasteiger partial charge in [0.1, 0.15) is 0 Å². The Balaban J connectivity index is 1.37. The van der Waals surface area contributed by atoms with Crippen molar-refractivity contribution in [2.45, 2.75) is 44.9 Å². The maximum atomic E-state index is 12.3. The molecule has 0 heterocycles. The van der Waals surface area contributed by atoms with Crippen LogP contribution in [0, 0.1) is 33.3 Å². The van der Waals surface area contributed by atoms with Crippen LogP contribution in [0.2, 0.25) is 0 Å². The molecule has 0 atom stereocenters. The smallest absolute Gasteiger partial charge is 0.335 e. The normalized spacial score (nSPS) is 32.5. The molecule has 1 aromatic rings. The number of hydrogen-bond acceptors (Lipinski definition) is 5. The summed E-state index contributed by atoms with van der Waals surface area (Å²) in [6.07, 6.45) is 7.81. The summed E-state index contributed by atoms with van der Waals surface area (Å²) >= 11 is 0. The summed E-state index contributed by atoms with van der Waals surface area (Å²) in [5.41, 5.74) is 6.39. The van der Waals surface area contributed by atoms with Crippen molar-refractivity contribution in [1.29, 1.82) is 0 Å². The second-order valence-electron chi connectivity index (χ2n) is 8.34. The number of oxime groups is 1. The second-order valence-corrected chi connectivity index (χ2v) is 8.34. The largest absolute Gasteiger partial charge is 0.380 e. The third-order valence-electron chi connectivity index (χ3n) is 6.30. The highest BCUT2D eigenvalue weighted by molar-refractivity contribution is 5.97. The molecule has 4 saturated carbocycles. The third-order valence-corrected chi connectivity index (χ3v) is 6.30. The molecule has 4 aliphatic carbocycles. The van der Waals surface area contributed by atoms with Gasteiger partial charge in [0, 0.05) is 17.7 Å². The van der Waals surface area contributed by atoms with Crippen LogP contribution in [0.1, 0.15) is 50.5 Å². The second kappa shape index (κ2) is 6.37. The zero-order chi connectivity index (χ0) is 18.3. The van der Waals surface area contributed by atoms with E-state index in [1.807, 2.05) is 0 Å². The number of benzene rings is 1. The first-order valence-corrected chi connectivity index (χ1v) is 9.21. The average molecular weight is 357 g/mol. The first-order chi connectivity index (χ1) is 12.4. The summed E-state index contributed by atoms with van der Waals surface area (Å²) in [6.45, 7) is 0. The molecule has 138 valence electrons. The number of nitro benzene ring substituents is 1. The van der Waals surface area contributed by atoms with E-state index in [2.05, 4.69) is 5.16 Å². The zero-order valence-electron chi connectivity index (χ0n) is 14.6. The quantitative estimate of drug-likeness (QED) is 0.286. The van der Waals surface area contributed by atoms with Gasteiger partial charge in [-0.3, -0.25) is 10.1 Å². The van der Waals surface area contributed by atoms with Crippen LogP contribution >= 0.6 is 0 Å².